The van der Waals surface area contributed by atoms with Crippen LogP contribution in [-0.2, 0) is 4.79 Å². The second-order valence-corrected chi connectivity index (χ2v) is 3.87. The average Bonchev–Trinajstić information content (AvgIpc) is 2.66. The molecule has 1 aromatic carbocycles. The van der Waals surface area contributed by atoms with Crippen LogP contribution in [0.2, 0.25) is 0 Å². The molecule has 2 atom stereocenters. The molecule has 2 rings (SSSR count). The normalized spacial score (nSPS) is 24.6. The van der Waals surface area contributed by atoms with Crippen molar-refractivity contribution in [1.82, 2.24) is 5.32 Å². The number of carbonyl (C=O) groups is 1. The number of carboxylic acids is 1. The van der Waals surface area contributed by atoms with Crippen molar-refractivity contribution in [1.29, 1.82) is 0 Å². The number of hydrogen-bond donors (Lipinski definition) is 2. The Hall–Kier alpha value is -1.49. The number of rotatable bonds is 2. The highest BCUT2D eigenvalue weighted by atomic mass is 19.1. The van der Waals surface area contributed by atoms with Crippen molar-refractivity contribution in [3.05, 3.63) is 35.4 Å². The molecule has 86 valence electrons. The van der Waals surface area contributed by atoms with Crippen molar-refractivity contribution in [2.24, 2.45) is 5.92 Å². The first-order valence-electron chi connectivity index (χ1n) is 4.99. The zero-order valence-electron chi connectivity index (χ0n) is 8.41. The summed E-state index contributed by atoms with van der Waals surface area (Å²) in [4.78, 5) is 10.7. The van der Waals surface area contributed by atoms with Crippen molar-refractivity contribution in [3.63, 3.8) is 0 Å². The monoisotopic (exact) mass is 227 g/mol. The van der Waals surface area contributed by atoms with E-state index in [4.69, 9.17) is 5.11 Å². The van der Waals surface area contributed by atoms with Gasteiger partial charge < -0.3 is 10.4 Å². The van der Waals surface area contributed by atoms with Crippen LogP contribution in [0.3, 0.4) is 0 Å². The van der Waals surface area contributed by atoms with Gasteiger partial charge in [-0.05, 0) is 18.6 Å². The fourth-order valence-electron chi connectivity index (χ4n) is 1.99. The summed E-state index contributed by atoms with van der Waals surface area (Å²) in [5.41, 5.74) is -0.0637. The topological polar surface area (TPSA) is 49.3 Å². The molecule has 0 radical (unpaired) electrons. The minimum atomic E-state index is -0.938. The summed E-state index contributed by atoms with van der Waals surface area (Å²) in [5.74, 6) is -2.79. The van der Waals surface area contributed by atoms with Crippen molar-refractivity contribution in [2.45, 2.75) is 12.5 Å². The molecule has 0 aromatic heterocycles. The Morgan fingerprint density at radius 3 is 2.50 bits per heavy atom. The van der Waals surface area contributed by atoms with Gasteiger partial charge in [-0.2, -0.15) is 0 Å². The fraction of sp³-hybridized carbons (Fsp3) is 0.364. The number of hydrogen-bond acceptors (Lipinski definition) is 2. The second kappa shape index (κ2) is 4.17. The second-order valence-electron chi connectivity index (χ2n) is 3.87. The molecule has 3 nitrogen and oxygen atoms in total. The molecule has 1 saturated heterocycles. The Bertz CT molecular complexity index is 402. The molecule has 1 fully saturated rings. The van der Waals surface area contributed by atoms with E-state index in [0.29, 0.717) is 0 Å². The van der Waals surface area contributed by atoms with Gasteiger partial charge in [0.2, 0.25) is 0 Å². The van der Waals surface area contributed by atoms with Gasteiger partial charge in [0.15, 0.2) is 0 Å². The third kappa shape index (κ3) is 1.90. The van der Waals surface area contributed by atoms with Crippen LogP contribution in [0.25, 0.3) is 0 Å². The molecule has 1 heterocycles. The number of halogens is 2. The Morgan fingerprint density at radius 1 is 1.38 bits per heavy atom. The maximum Gasteiger partial charge on any atom is 0.307 e. The van der Waals surface area contributed by atoms with Gasteiger partial charge in [0.25, 0.3) is 0 Å². The van der Waals surface area contributed by atoms with Gasteiger partial charge >= 0.3 is 5.97 Å². The standard InChI is InChI=1S/C11H11F2NO2/c12-7-2-1-3-8(13)10(7)9-4-6(5-14-9)11(15)16/h1-3,6,9,14H,4-5H2,(H,15,16). The molecule has 2 unspecified atom stereocenters. The molecule has 0 saturated carbocycles. The molecule has 0 aliphatic carbocycles. The van der Waals surface area contributed by atoms with Crippen LogP contribution in [0.5, 0.6) is 0 Å². The molecule has 1 aliphatic rings. The van der Waals surface area contributed by atoms with E-state index in [1.54, 1.807) is 0 Å². The van der Waals surface area contributed by atoms with Crippen molar-refractivity contribution < 1.29 is 18.7 Å². The van der Waals surface area contributed by atoms with E-state index in [9.17, 15) is 13.6 Å². The molecule has 16 heavy (non-hydrogen) atoms. The largest absolute Gasteiger partial charge is 0.481 e. The van der Waals surface area contributed by atoms with Crippen LogP contribution in [0.4, 0.5) is 8.78 Å². The van der Waals surface area contributed by atoms with Crippen molar-refractivity contribution in [3.8, 4) is 0 Å². The van der Waals surface area contributed by atoms with Crippen LogP contribution >= 0.6 is 0 Å². The van der Waals surface area contributed by atoms with Crippen LogP contribution in [0.1, 0.15) is 18.0 Å². The highest BCUT2D eigenvalue weighted by Crippen LogP contribution is 2.30. The van der Waals surface area contributed by atoms with Crippen LogP contribution < -0.4 is 5.32 Å². The summed E-state index contributed by atoms with van der Waals surface area (Å²) in [7, 11) is 0. The third-order valence-electron chi connectivity index (χ3n) is 2.83. The molecular formula is C11H11F2NO2. The predicted octanol–water partition coefficient (Wildman–Crippen LogP) is 1.70. The summed E-state index contributed by atoms with van der Waals surface area (Å²) in [5, 5.41) is 11.6. The molecule has 1 aromatic rings. The number of nitrogens with one attached hydrogen (secondary N) is 1. The van der Waals surface area contributed by atoms with E-state index in [1.807, 2.05) is 0 Å². The lowest BCUT2D eigenvalue weighted by atomic mass is 9.99. The molecule has 0 spiro atoms. The zero-order valence-corrected chi connectivity index (χ0v) is 8.41. The van der Waals surface area contributed by atoms with Gasteiger partial charge in [-0.25, -0.2) is 8.78 Å². The van der Waals surface area contributed by atoms with Crippen LogP contribution in [0.15, 0.2) is 18.2 Å². The lowest BCUT2D eigenvalue weighted by molar-refractivity contribution is -0.141. The van der Waals surface area contributed by atoms with Crippen LogP contribution in [0, 0.1) is 17.6 Å². The minimum Gasteiger partial charge on any atom is -0.481 e. The smallest absolute Gasteiger partial charge is 0.307 e. The highest BCUT2D eigenvalue weighted by Gasteiger charge is 2.32. The summed E-state index contributed by atoms with van der Waals surface area (Å²) < 4.78 is 26.8. The minimum absolute atomic E-state index is 0.0637. The fourth-order valence-corrected chi connectivity index (χ4v) is 1.99. The number of carboxylic acid groups (broad SMARTS) is 1. The van der Waals surface area contributed by atoms with E-state index < -0.39 is 29.6 Å². The molecule has 2 N–H and O–H groups in total. The molecule has 0 bridgehead atoms. The number of benzene rings is 1. The molecule has 0 amide bonds. The maximum absolute atomic E-state index is 13.4. The lowest BCUT2D eigenvalue weighted by Gasteiger charge is -2.12. The average molecular weight is 227 g/mol. The quantitative estimate of drug-likeness (QED) is 0.808. The zero-order chi connectivity index (χ0) is 11.7. The van der Waals surface area contributed by atoms with Crippen molar-refractivity contribution in [2.75, 3.05) is 6.54 Å². The lowest BCUT2D eigenvalue weighted by Crippen LogP contribution is -2.18. The summed E-state index contributed by atoms with van der Waals surface area (Å²) in [6, 6.07) is 3.09. The Labute approximate surface area is 91.1 Å². The molecule has 5 heteroatoms. The SMILES string of the molecule is O=C(O)C1CNC(c2c(F)cccc2F)C1. The summed E-state index contributed by atoms with van der Waals surface area (Å²) in [6.45, 7) is 0.244. The third-order valence-corrected chi connectivity index (χ3v) is 2.83. The van der Waals surface area contributed by atoms with Gasteiger partial charge in [-0.3, -0.25) is 4.79 Å². The van der Waals surface area contributed by atoms with Gasteiger partial charge in [-0.1, -0.05) is 6.07 Å². The van der Waals surface area contributed by atoms with Gasteiger partial charge in [0.1, 0.15) is 11.6 Å². The van der Waals surface area contributed by atoms with E-state index in [-0.39, 0.29) is 18.5 Å². The Balaban J connectivity index is 2.24. The molecular weight excluding hydrogens is 216 g/mol. The first-order valence-corrected chi connectivity index (χ1v) is 4.99. The van der Waals surface area contributed by atoms with E-state index >= 15 is 0 Å². The predicted molar refractivity (Wildman–Crippen MR) is 52.8 cm³/mol. The molecule has 1 aliphatic heterocycles. The van der Waals surface area contributed by atoms with E-state index in [1.165, 1.54) is 18.2 Å². The van der Waals surface area contributed by atoms with Crippen molar-refractivity contribution >= 4 is 5.97 Å². The Kier molecular flexibility index (Phi) is 2.87. The van der Waals surface area contributed by atoms with Crippen LogP contribution in [-0.4, -0.2) is 17.6 Å². The first-order chi connectivity index (χ1) is 7.59. The van der Waals surface area contributed by atoms with E-state index in [0.717, 1.165) is 0 Å². The summed E-state index contributed by atoms with van der Waals surface area (Å²) in [6.07, 6.45) is 0.215. The highest BCUT2D eigenvalue weighted by molar-refractivity contribution is 5.70. The van der Waals surface area contributed by atoms with Gasteiger partial charge in [-0.15, -0.1) is 0 Å². The summed E-state index contributed by atoms with van der Waals surface area (Å²) >= 11 is 0. The van der Waals surface area contributed by atoms with E-state index in [2.05, 4.69) is 5.32 Å². The van der Waals surface area contributed by atoms with Gasteiger partial charge in [0, 0.05) is 18.2 Å². The van der Waals surface area contributed by atoms with Gasteiger partial charge in [0.05, 0.1) is 5.92 Å². The maximum atomic E-state index is 13.4. The number of aliphatic carboxylic acids is 1. The first kappa shape index (κ1) is 11.0. The Morgan fingerprint density at radius 2 is 2.00 bits per heavy atom.